The number of nitrogens with two attached hydrogens (primary N) is 1. The van der Waals surface area contributed by atoms with Crippen molar-refractivity contribution in [3.63, 3.8) is 0 Å². The second-order valence-corrected chi connectivity index (χ2v) is 5.10. The molecular weight excluding hydrogens is 214 g/mol. The van der Waals surface area contributed by atoms with Gasteiger partial charge in [0, 0.05) is 11.5 Å². The monoisotopic (exact) mass is 231 g/mol. The molecule has 4 heteroatoms. The Hall–Kier alpha value is -1.39. The molecule has 0 bridgehead atoms. The highest BCUT2D eigenvalue weighted by Gasteiger charge is 2.47. The smallest absolute Gasteiger partial charge is 0.104 e. The van der Waals surface area contributed by atoms with Crippen molar-refractivity contribution >= 4 is 11.0 Å². The fourth-order valence-electron chi connectivity index (χ4n) is 2.43. The lowest BCUT2D eigenvalue weighted by molar-refractivity contribution is 0.188. The van der Waals surface area contributed by atoms with Gasteiger partial charge in [-0.25, -0.2) is 4.98 Å². The predicted molar refractivity (Wildman–Crippen MR) is 66.5 cm³/mol. The number of imidazole rings is 1. The summed E-state index contributed by atoms with van der Waals surface area (Å²) in [5.74, 6) is 0.911. The van der Waals surface area contributed by atoms with Gasteiger partial charge in [0.25, 0.3) is 0 Å². The third-order valence-electron chi connectivity index (χ3n) is 3.85. The number of fused-ring (bicyclic) bond motifs is 1. The highest BCUT2D eigenvalue weighted by molar-refractivity contribution is 5.76. The minimum atomic E-state index is -0.0829. The van der Waals surface area contributed by atoms with Crippen LogP contribution in [-0.4, -0.2) is 21.7 Å². The normalized spacial score (nSPS) is 19.5. The molecule has 1 aromatic carbocycles. The first kappa shape index (κ1) is 10.7. The summed E-state index contributed by atoms with van der Waals surface area (Å²) < 4.78 is 0. The van der Waals surface area contributed by atoms with Gasteiger partial charge in [-0.15, -0.1) is 0 Å². The van der Waals surface area contributed by atoms with Crippen molar-refractivity contribution in [1.82, 2.24) is 9.97 Å². The molecule has 1 saturated carbocycles. The summed E-state index contributed by atoms with van der Waals surface area (Å²) in [5.41, 5.74) is 9.23. The van der Waals surface area contributed by atoms with E-state index in [1.54, 1.807) is 0 Å². The lowest BCUT2D eigenvalue weighted by atomic mass is 9.91. The molecule has 0 saturated heterocycles. The van der Waals surface area contributed by atoms with Gasteiger partial charge >= 0.3 is 0 Å². The first-order valence-corrected chi connectivity index (χ1v) is 5.97. The molecule has 0 amide bonds. The van der Waals surface area contributed by atoms with Crippen LogP contribution in [0.5, 0.6) is 0 Å². The fourth-order valence-corrected chi connectivity index (χ4v) is 2.43. The minimum absolute atomic E-state index is 0.0806. The minimum Gasteiger partial charge on any atom is -0.396 e. The Bertz CT molecular complexity index is 557. The van der Waals surface area contributed by atoms with E-state index in [0.717, 1.165) is 35.3 Å². The average molecular weight is 231 g/mol. The molecule has 1 heterocycles. The van der Waals surface area contributed by atoms with E-state index in [1.807, 2.05) is 19.1 Å². The van der Waals surface area contributed by atoms with Crippen LogP contribution in [0.3, 0.4) is 0 Å². The third-order valence-corrected chi connectivity index (χ3v) is 3.85. The molecule has 90 valence electrons. The van der Waals surface area contributed by atoms with Gasteiger partial charge in [-0.2, -0.15) is 0 Å². The van der Waals surface area contributed by atoms with Crippen molar-refractivity contribution in [1.29, 1.82) is 0 Å². The van der Waals surface area contributed by atoms with Crippen molar-refractivity contribution in [3.05, 3.63) is 29.6 Å². The first-order valence-electron chi connectivity index (χ1n) is 5.97. The molecule has 0 radical (unpaired) electrons. The highest BCUT2D eigenvalue weighted by atomic mass is 16.3. The molecule has 0 aliphatic heterocycles. The number of H-pyrrole nitrogens is 1. The van der Waals surface area contributed by atoms with E-state index in [9.17, 15) is 5.11 Å². The lowest BCUT2D eigenvalue weighted by Gasteiger charge is -2.21. The molecule has 1 aromatic heterocycles. The van der Waals surface area contributed by atoms with Gasteiger partial charge < -0.3 is 15.8 Å². The van der Waals surface area contributed by atoms with Crippen molar-refractivity contribution in [2.75, 3.05) is 6.61 Å². The topological polar surface area (TPSA) is 74.9 Å². The van der Waals surface area contributed by atoms with Crippen molar-refractivity contribution in [2.45, 2.75) is 25.8 Å². The Labute approximate surface area is 99.9 Å². The number of hydrogen-bond donors (Lipinski definition) is 3. The van der Waals surface area contributed by atoms with E-state index in [4.69, 9.17) is 5.73 Å². The number of aliphatic hydroxyl groups excluding tert-OH is 1. The van der Waals surface area contributed by atoms with E-state index >= 15 is 0 Å². The zero-order valence-electron chi connectivity index (χ0n) is 9.90. The Morgan fingerprint density at radius 1 is 1.53 bits per heavy atom. The van der Waals surface area contributed by atoms with E-state index in [2.05, 4.69) is 16.0 Å². The standard InChI is InChI=1S/C13H17N3O/c1-8-15-10-3-2-9(6-11(10)16-8)12(14)13(7-17)4-5-13/h2-3,6,12,17H,4-5,7,14H2,1H3,(H,15,16). The SMILES string of the molecule is Cc1nc2ccc(C(N)C3(CO)CC3)cc2[nH]1. The van der Waals surface area contributed by atoms with Gasteiger partial charge in [0.15, 0.2) is 0 Å². The van der Waals surface area contributed by atoms with Crippen molar-refractivity contribution < 1.29 is 5.11 Å². The van der Waals surface area contributed by atoms with Gasteiger partial charge in [0.05, 0.1) is 17.6 Å². The molecule has 17 heavy (non-hydrogen) atoms. The number of aromatic amines is 1. The third kappa shape index (κ3) is 1.64. The summed E-state index contributed by atoms with van der Waals surface area (Å²) in [6, 6.07) is 5.97. The Morgan fingerprint density at radius 3 is 2.94 bits per heavy atom. The number of hydrogen-bond acceptors (Lipinski definition) is 3. The zero-order chi connectivity index (χ0) is 12.0. The van der Waals surface area contributed by atoms with Crippen LogP contribution in [0.15, 0.2) is 18.2 Å². The van der Waals surface area contributed by atoms with Crippen molar-refractivity contribution in [2.24, 2.45) is 11.1 Å². The molecule has 1 aliphatic rings. The van der Waals surface area contributed by atoms with Crippen LogP contribution < -0.4 is 5.73 Å². The highest BCUT2D eigenvalue weighted by Crippen LogP contribution is 2.53. The van der Waals surface area contributed by atoms with E-state index < -0.39 is 0 Å². The number of aryl methyl sites for hydroxylation is 1. The van der Waals surface area contributed by atoms with Gasteiger partial charge in [0.1, 0.15) is 5.82 Å². The van der Waals surface area contributed by atoms with E-state index in [-0.39, 0.29) is 18.1 Å². The largest absolute Gasteiger partial charge is 0.396 e. The average Bonchev–Trinajstić information content (AvgIpc) is 3.03. The fraction of sp³-hybridized carbons (Fsp3) is 0.462. The Kier molecular flexibility index (Phi) is 2.24. The summed E-state index contributed by atoms with van der Waals surface area (Å²) in [6.45, 7) is 2.11. The van der Waals surface area contributed by atoms with Gasteiger partial charge in [0.2, 0.25) is 0 Å². The van der Waals surface area contributed by atoms with Crippen LogP contribution in [0.1, 0.15) is 30.3 Å². The number of aromatic nitrogens is 2. The van der Waals surface area contributed by atoms with E-state index in [1.165, 1.54) is 0 Å². The number of benzene rings is 1. The van der Waals surface area contributed by atoms with Gasteiger partial charge in [-0.3, -0.25) is 0 Å². The zero-order valence-corrected chi connectivity index (χ0v) is 9.90. The van der Waals surface area contributed by atoms with Gasteiger partial charge in [-0.1, -0.05) is 6.07 Å². The summed E-state index contributed by atoms with van der Waals surface area (Å²) in [4.78, 5) is 7.58. The molecule has 1 aliphatic carbocycles. The molecule has 1 unspecified atom stereocenters. The molecule has 2 aromatic rings. The lowest BCUT2D eigenvalue weighted by Crippen LogP contribution is -2.25. The molecule has 1 fully saturated rings. The van der Waals surface area contributed by atoms with Crippen LogP contribution in [0.25, 0.3) is 11.0 Å². The second-order valence-electron chi connectivity index (χ2n) is 5.10. The van der Waals surface area contributed by atoms with Crippen LogP contribution in [0, 0.1) is 12.3 Å². The maximum Gasteiger partial charge on any atom is 0.104 e. The first-order chi connectivity index (χ1) is 8.14. The van der Waals surface area contributed by atoms with Crippen LogP contribution >= 0.6 is 0 Å². The molecule has 4 N–H and O–H groups in total. The Morgan fingerprint density at radius 2 is 2.29 bits per heavy atom. The van der Waals surface area contributed by atoms with Gasteiger partial charge in [-0.05, 0) is 37.5 Å². The maximum atomic E-state index is 9.41. The summed E-state index contributed by atoms with van der Waals surface area (Å²) >= 11 is 0. The quantitative estimate of drug-likeness (QED) is 0.751. The second kappa shape index (κ2) is 3.55. The Balaban J connectivity index is 2.00. The molecule has 1 atom stereocenters. The molecule has 3 rings (SSSR count). The predicted octanol–water partition coefficient (Wildman–Crippen LogP) is 1.64. The number of nitrogens with zero attached hydrogens (tertiary/aromatic N) is 1. The van der Waals surface area contributed by atoms with Crippen LogP contribution in [-0.2, 0) is 0 Å². The van der Waals surface area contributed by atoms with Crippen molar-refractivity contribution in [3.8, 4) is 0 Å². The summed E-state index contributed by atoms with van der Waals surface area (Å²) in [7, 11) is 0. The number of aliphatic hydroxyl groups is 1. The number of rotatable bonds is 3. The van der Waals surface area contributed by atoms with Crippen LogP contribution in [0.4, 0.5) is 0 Å². The van der Waals surface area contributed by atoms with E-state index in [0.29, 0.717) is 0 Å². The molecular formula is C13H17N3O. The maximum absolute atomic E-state index is 9.41. The molecule has 4 nitrogen and oxygen atoms in total. The summed E-state index contributed by atoms with van der Waals surface area (Å²) in [6.07, 6.45) is 2.04. The number of nitrogens with one attached hydrogen (secondary N) is 1. The summed E-state index contributed by atoms with van der Waals surface area (Å²) in [5, 5.41) is 9.41. The van der Waals surface area contributed by atoms with Crippen LogP contribution in [0.2, 0.25) is 0 Å². The molecule has 0 spiro atoms.